The minimum atomic E-state index is -1.12. The predicted octanol–water partition coefficient (Wildman–Crippen LogP) is 6.13. The number of ether oxygens (including phenoxy) is 2. The number of ketones is 1. The van der Waals surface area contributed by atoms with Gasteiger partial charge in [0.15, 0.2) is 0 Å². The molecule has 2 amide bonds. The lowest BCUT2D eigenvalue weighted by Gasteiger charge is -2.43. The molecule has 2 aromatic heterocycles. The molecule has 4 saturated heterocycles. The number of hydrogen-bond acceptors (Lipinski definition) is 10. The van der Waals surface area contributed by atoms with E-state index in [1.165, 1.54) is 31.2 Å². The number of halogens is 2. The maximum atomic E-state index is 12.5. The van der Waals surface area contributed by atoms with E-state index >= 15 is 0 Å². The quantitative estimate of drug-likeness (QED) is 0.373. The molecular formula is C32H44Cl2N6O6. The Morgan fingerprint density at radius 1 is 0.783 bits per heavy atom. The molecule has 0 radical (unpaired) electrons. The van der Waals surface area contributed by atoms with Gasteiger partial charge in [-0.05, 0) is 67.2 Å². The van der Waals surface area contributed by atoms with Gasteiger partial charge in [-0.2, -0.15) is 0 Å². The van der Waals surface area contributed by atoms with Crippen molar-refractivity contribution in [2.24, 2.45) is 0 Å². The lowest BCUT2D eigenvalue weighted by Crippen LogP contribution is -2.53. The first-order chi connectivity index (χ1) is 21.5. The lowest BCUT2D eigenvalue weighted by atomic mass is 9.83. The highest BCUT2D eigenvalue weighted by Gasteiger charge is 2.52. The molecule has 252 valence electrons. The van der Waals surface area contributed by atoms with Crippen LogP contribution in [0.1, 0.15) is 98.6 Å². The first-order valence-electron chi connectivity index (χ1n) is 15.6. The van der Waals surface area contributed by atoms with Crippen LogP contribution in [0.25, 0.3) is 0 Å². The van der Waals surface area contributed by atoms with Crippen LogP contribution in [0.4, 0.5) is 9.59 Å². The molecule has 4 aliphatic heterocycles. The molecule has 4 fully saturated rings. The van der Waals surface area contributed by atoms with E-state index in [1.807, 2.05) is 41.5 Å². The number of aliphatic hydroxyl groups is 1. The second-order valence-corrected chi connectivity index (χ2v) is 15.1. The molecule has 6 rings (SSSR count). The highest BCUT2D eigenvalue weighted by Crippen LogP contribution is 2.47. The Kier molecular flexibility index (Phi) is 11.2. The summed E-state index contributed by atoms with van der Waals surface area (Å²) in [4.78, 5) is 54.7. The Labute approximate surface area is 280 Å². The molecule has 0 aliphatic carbocycles. The zero-order valence-electron chi connectivity index (χ0n) is 27.3. The van der Waals surface area contributed by atoms with Gasteiger partial charge in [-0.25, -0.2) is 29.5 Å². The summed E-state index contributed by atoms with van der Waals surface area (Å²) in [6.07, 6.45) is 12.3. The minimum Gasteiger partial charge on any atom is -0.444 e. The Balaban J connectivity index is 0.000000180. The molecule has 14 heteroatoms. The molecular weight excluding hydrogens is 635 g/mol. The monoisotopic (exact) mass is 678 g/mol. The molecule has 46 heavy (non-hydrogen) atoms. The van der Waals surface area contributed by atoms with Gasteiger partial charge in [0.25, 0.3) is 0 Å². The van der Waals surface area contributed by atoms with Crippen LogP contribution in [0.2, 0.25) is 10.0 Å². The summed E-state index contributed by atoms with van der Waals surface area (Å²) in [6, 6.07) is 0.0569. The van der Waals surface area contributed by atoms with Crippen molar-refractivity contribution in [1.29, 1.82) is 0 Å². The molecule has 0 spiro atoms. The second-order valence-electron chi connectivity index (χ2n) is 14.2. The predicted molar refractivity (Wildman–Crippen MR) is 171 cm³/mol. The number of hydrogen-bond donors (Lipinski definition) is 1. The standard InChI is InChI=1S/C16H22ClN3O3.C12H19NO3.C4H3ClN2/c1-15(2,3)23-14(21)20-10-4-5-11(20)7-16(22,6-10)13-12(17)8-18-9-19-13;1-12(2,3)16-11(15)13-8-4-5-9(13)7-10(14)6-8;5-4-1-6-3-7-2-4/h8-11,22H,4-7H2,1-3H3;8-9H,4-7H2,1-3H3;1-3H. The van der Waals surface area contributed by atoms with Gasteiger partial charge in [0.05, 0.1) is 15.7 Å². The van der Waals surface area contributed by atoms with Crippen molar-refractivity contribution >= 4 is 41.2 Å². The molecule has 4 unspecified atom stereocenters. The summed E-state index contributed by atoms with van der Waals surface area (Å²) < 4.78 is 10.9. The fraction of sp³-hybridized carbons (Fsp3) is 0.656. The van der Waals surface area contributed by atoms with Crippen molar-refractivity contribution in [1.82, 2.24) is 29.7 Å². The number of fused-ring (bicyclic) bond motifs is 4. The molecule has 4 aliphatic rings. The van der Waals surface area contributed by atoms with E-state index in [0.29, 0.717) is 41.4 Å². The van der Waals surface area contributed by atoms with Gasteiger partial charge >= 0.3 is 12.2 Å². The van der Waals surface area contributed by atoms with Gasteiger partial charge in [0.2, 0.25) is 0 Å². The summed E-state index contributed by atoms with van der Waals surface area (Å²) >= 11 is 11.6. The van der Waals surface area contributed by atoms with Gasteiger partial charge in [0.1, 0.15) is 35.2 Å². The fourth-order valence-corrected chi connectivity index (χ4v) is 6.94. The number of nitrogens with zero attached hydrogens (tertiary/aromatic N) is 6. The van der Waals surface area contributed by atoms with E-state index in [1.54, 1.807) is 9.80 Å². The molecule has 1 N–H and O–H groups in total. The first-order valence-corrected chi connectivity index (χ1v) is 16.3. The zero-order chi connectivity index (χ0) is 33.9. The first kappa shape index (κ1) is 35.8. The maximum Gasteiger partial charge on any atom is 0.410 e. The third-order valence-corrected chi connectivity index (χ3v) is 8.63. The average Bonchev–Trinajstić information content (AvgIpc) is 3.39. The normalized spacial score (nSPS) is 26.8. The van der Waals surface area contributed by atoms with E-state index in [0.717, 1.165) is 25.7 Å². The van der Waals surface area contributed by atoms with E-state index < -0.39 is 16.8 Å². The summed E-state index contributed by atoms with van der Waals surface area (Å²) in [5, 5.41) is 12.0. The summed E-state index contributed by atoms with van der Waals surface area (Å²) in [6.45, 7) is 11.2. The lowest BCUT2D eigenvalue weighted by molar-refractivity contribution is -0.123. The highest BCUT2D eigenvalue weighted by molar-refractivity contribution is 6.31. The third kappa shape index (κ3) is 9.25. The van der Waals surface area contributed by atoms with Gasteiger partial charge in [0, 0.05) is 68.4 Å². The van der Waals surface area contributed by atoms with E-state index in [-0.39, 0.29) is 42.1 Å². The number of Topliss-reactive ketones (excluding diaryl/α,β-unsaturated/α-hetero) is 1. The SMILES string of the molecule is CC(C)(C)OC(=O)N1C2CCC1CC(=O)C2.CC(C)(C)OC(=O)N1C2CCC1CC(O)(c1ncncc1Cl)C2.Clc1cncnc1. The van der Waals surface area contributed by atoms with Gasteiger partial charge in [-0.15, -0.1) is 0 Å². The molecule has 12 nitrogen and oxygen atoms in total. The Bertz CT molecular complexity index is 1360. The van der Waals surface area contributed by atoms with Gasteiger partial charge in [-0.3, -0.25) is 4.79 Å². The van der Waals surface area contributed by atoms with Crippen molar-refractivity contribution in [3.8, 4) is 0 Å². The van der Waals surface area contributed by atoms with E-state index in [2.05, 4.69) is 19.9 Å². The Morgan fingerprint density at radius 2 is 1.22 bits per heavy atom. The molecule has 0 aromatic carbocycles. The zero-order valence-corrected chi connectivity index (χ0v) is 28.8. The Morgan fingerprint density at radius 3 is 1.63 bits per heavy atom. The number of carbonyl (C=O) groups excluding carboxylic acids is 3. The van der Waals surface area contributed by atoms with E-state index in [4.69, 9.17) is 32.7 Å². The van der Waals surface area contributed by atoms with Crippen molar-refractivity contribution in [3.05, 3.63) is 47.0 Å². The second kappa shape index (κ2) is 14.4. The minimum absolute atomic E-state index is 0.0559. The van der Waals surface area contributed by atoms with Crippen LogP contribution in [0.5, 0.6) is 0 Å². The third-order valence-electron chi connectivity index (χ3n) is 8.16. The van der Waals surface area contributed by atoms with Crippen LogP contribution in [0.15, 0.2) is 31.2 Å². The molecule has 6 heterocycles. The maximum absolute atomic E-state index is 12.5. The van der Waals surface area contributed by atoms with Crippen molar-refractivity contribution in [2.45, 2.75) is 134 Å². The number of rotatable bonds is 1. The number of amides is 2. The number of piperidine rings is 2. The number of carbonyl (C=O) groups is 3. The summed E-state index contributed by atoms with van der Waals surface area (Å²) in [7, 11) is 0. The molecule has 2 aromatic rings. The van der Waals surface area contributed by atoms with Gasteiger partial charge < -0.3 is 24.4 Å². The Hall–Kier alpha value is -3.09. The van der Waals surface area contributed by atoms with Crippen molar-refractivity contribution in [2.75, 3.05) is 0 Å². The number of aromatic nitrogens is 4. The highest BCUT2D eigenvalue weighted by atomic mass is 35.5. The van der Waals surface area contributed by atoms with Crippen LogP contribution >= 0.6 is 23.2 Å². The molecule has 4 atom stereocenters. The van der Waals surface area contributed by atoms with Crippen LogP contribution in [-0.4, -0.2) is 88.2 Å². The van der Waals surface area contributed by atoms with Crippen LogP contribution in [0.3, 0.4) is 0 Å². The molecule has 4 bridgehead atoms. The summed E-state index contributed by atoms with van der Waals surface area (Å²) in [5.41, 5.74) is -1.65. The largest absolute Gasteiger partial charge is 0.444 e. The van der Waals surface area contributed by atoms with Crippen molar-refractivity contribution in [3.63, 3.8) is 0 Å². The fourth-order valence-electron chi connectivity index (χ4n) is 6.55. The van der Waals surface area contributed by atoms with Crippen molar-refractivity contribution < 1.29 is 29.0 Å². The summed E-state index contributed by atoms with van der Waals surface area (Å²) in [5.74, 6) is 0.285. The van der Waals surface area contributed by atoms with Crippen LogP contribution < -0.4 is 0 Å². The average molecular weight is 680 g/mol. The van der Waals surface area contributed by atoms with E-state index in [9.17, 15) is 19.5 Å². The van der Waals surface area contributed by atoms with Gasteiger partial charge in [-0.1, -0.05) is 23.2 Å². The topological polar surface area (TPSA) is 148 Å². The molecule has 0 saturated carbocycles. The van der Waals surface area contributed by atoms with Crippen LogP contribution in [-0.2, 0) is 19.9 Å². The smallest absolute Gasteiger partial charge is 0.410 e. The van der Waals surface area contributed by atoms with Crippen LogP contribution in [0, 0.1) is 0 Å².